The number of carbonyl (C=O) groups excluding carboxylic acids is 2. The minimum atomic E-state index is -3.77. The lowest BCUT2D eigenvalue weighted by molar-refractivity contribution is -0.165. The van der Waals surface area contributed by atoms with Gasteiger partial charge in [0.1, 0.15) is 0 Å². The average Bonchev–Trinajstić information content (AvgIpc) is 2.91. The highest BCUT2D eigenvalue weighted by molar-refractivity contribution is 7.89. The van der Waals surface area contributed by atoms with E-state index in [1.165, 1.54) is 24.3 Å². The van der Waals surface area contributed by atoms with E-state index in [2.05, 4.69) is 5.32 Å². The molecule has 8 nitrogen and oxygen atoms in total. The van der Waals surface area contributed by atoms with Gasteiger partial charge in [-0.1, -0.05) is 13.8 Å². The maximum Gasteiger partial charge on any atom is 0.311 e. The molecule has 1 aliphatic rings. The van der Waals surface area contributed by atoms with Crippen LogP contribution in [0.2, 0.25) is 0 Å². The number of carbonyl (C=O) groups is 2. The summed E-state index contributed by atoms with van der Waals surface area (Å²) in [4.78, 5) is 23.8. The number of esters is 1. The fourth-order valence-electron chi connectivity index (χ4n) is 2.50. The molecule has 1 amide bonds. The number of amides is 1. The molecule has 1 saturated heterocycles. The van der Waals surface area contributed by atoms with E-state index >= 15 is 0 Å². The Hall–Kier alpha value is -1.97. The molecule has 1 aliphatic heterocycles. The van der Waals surface area contributed by atoms with Crippen LogP contribution in [0.5, 0.6) is 0 Å². The maximum absolute atomic E-state index is 12.0. The molecule has 3 N–H and O–H groups in total. The monoisotopic (exact) mass is 384 g/mol. The largest absolute Gasteiger partial charge is 0.436 e. The van der Waals surface area contributed by atoms with E-state index < -0.39 is 16.3 Å². The van der Waals surface area contributed by atoms with E-state index in [0.29, 0.717) is 31.1 Å². The number of rotatable bonds is 8. The molecular formula is C17H24N2O6S. The molecule has 2 rings (SSSR count). The van der Waals surface area contributed by atoms with Crippen LogP contribution in [0.1, 0.15) is 33.1 Å². The minimum Gasteiger partial charge on any atom is -0.436 e. The Labute approximate surface area is 153 Å². The number of benzene rings is 1. The smallest absolute Gasteiger partial charge is 0.311 e. The third kappa shape index (κ3) is 6.08. The lowest BCUT2D eigenvalue weighted by Crippen LogP contribution is -2.16. The molecule has 0 spiro atoms. The van der Waals surface area contributed by atoms with E-state index in [1.54, 1.807) is 0 Å². The topological polar surface area (TPSA) is 125 Å². The zero-order valence-electron chi connectivity index (χ0n) is 14.8. The number of ether oxygens (including phenoxy) is 2. The first-order valence-corrected chi connectivity index (χ1v) is 9.94. The first-order valence-electron chi connectivity index (χ1n) is 8.40. The molecular weight excluding hydrogens is 360 g/mol. The lowest BCUT2D eigenvalue weighted by atomic mass is 10.0. The van der Waals surface area contributed by atoms with Crippen LogP contribution >= 0.6 is 0 Å². The average molecular weight is 384 g/mol. The molecule has 0 radical (unpaired) electrons. The molecule has 1 aromatic rings. The van der Waals surface area contributed by atoms with E-state index in [1.807, 2.05) is 13.8 Å². The summed E-state index contributed by atoms with van der Waals surface area (Å²) in [6, 6.07) is 5.54. The highest BCUT2D eigenvalue weighted by atomic mass is 32.2. The van der Waals surface area contributed by atoms with Crippen molar-refractivity contribution < 1.29 is 27.5 Å². The van der Waals surface area contributed by atoms with Gasteiger partial charge in [0.05, 0.1) is 17.4 Å². The molecule has 1 heterocycles. The first kappa shape index (κ1) is 20.3. The fraction of sp³-hybridized carbons (Fsp3) is 0.529. The van der Waals surface area contributed by atoms with E-state index in [4.69, 9.17) is 14.6 Å². The number of hydrogen-bond donors (Lipinski definition) is 2. The maximum atomic E-state index is 12.0. The van der Waals surface area contributed by atoms with Gasteiger partial charge in [0.2, 0.25) is 22.2 Å². The third-order valence-corrected chi connectivity index (χ3v) is 4.79. The predicted molar refractivity (Wildman–Crippen MR) is 94.5 cm³/mol. The molecule has 0 bridgehead atoms. The normalized spacial score (nSPS) is 20.2. The van der Waals surface area contributed by atoms with Gasteiger partial charge in [0.25, 0.3) is 0 Å². The van der Waals surface area contributed by atoms with Gasteiger partial charge >= 0.3 is 5.97 Å². The SMILES string of the molecule is CC(C)CO[C@@H]1C[C@H](CCC(=O)Nc2ccc(S(N)(=O)=O)cc2)C(=O)O1. The van der Waals surface area contributed by atoms with Crippen molar-refractivity contribution in [2.24, 2.45) is 17.0 Å². The Kier molecular flexibility index (Phi) is 6.74. The number of primary sulfonamides is 1. The van der Waals surface area contributed by atoms with Crippen molar-refractivity contribution >= 4 is 27.6 Å². The van der Waals surface area contributed by atoms with Gasteiger partial charge in [-0.2, -0.15) is 0 Å². The highest BCUT2D eigenvalue weighted by Gasteiger charge is 2.35. The number of sulfonamides is 1. The summed E-state index contributed by atoms with van der Waals surface area (Å²) in [5.74, 6) is -0.626. The number of cyclic esters (lactones) is 1. The molecule has 0 saturated carbocycles. The van der Waals surface area contributed by atoms with E-state index in [-0.39, 0.29) is 29.1 Å². The van der Waals surface area contributed by atoms with Crippen LogP contribution in [0, 0.1) is 11.8 Å². The third-order valence-electron chi connectivity index (χ3n) is 3.86. The molecule has 1 aromatic carbocycles. The van der Waals surface area contributed by atoms with Crippen molar-refractivity contribution in [3.05, 3.63) is 24.3 Å². The van der Waals surface area contributed by atoms with Crippen LogP contribution in [0.15, 0.2) is 29.2 Å². The Morgan fingerprint density at radius 2 is 2.00 bits per heavy atom. The molecule has 2 atom stereocenters. The molecule has 26 heavy (non-hydrogen) atoms. The second-order valence-electron chi connectivity index (χ2n) is 6.68. The molecule has 144 valence electrons. The van der Waals surface area contributed by atoms with Crippen molar-refractivity contribution in [1.29, 1.82) is 0 Å². The van der Waals surface area contributed by atoms with Crippen LogP contribution in [0.4, 0.5) is 5.69 Å². The van der Waals surface area contributed by atoms with E-state index in [0.717, 1.165) is 0 Å². The van der Waals surface area contributed by atoms with Gasteiger partial charge in [0, 0.05) is 18.5 Å². The van der Waals surface area contributed by atoms with Crippen LogP contribution in [0.3, 0.4) is 0 Å². The minimum absolute atomic E-state index is 0.0309. The van der Waals surface area contributed by atoms with Gasteiger partial charge in [-0.3, -0.25) is 9.59 Å². The summed E-state index contributed by atoms with van der Waals surface area (Å²) >= 11 is 0. The van der Waals surface area contributed by atoms with Gasteiger partial charge in [-0.25, -0.2) is 13.6 Å². The van der Waals surface area contributed by atoms with Crippen molar-refractivity contribution in [2.45, 2.75) is 44.3 Å². The summed E-state index contributed by atoms with van der Waals surface area (Å²) in [6.07, 6.45) is 0.417. The van der Waals surface area contributed by atoms with Gasteiger partial charge in [0.15, 0.2) is 0 Å². The molecule has 1 fully saturated rings. The standard InChI is InChI=1S/C17H24N2O6S/c1-11(2)10-24-16-9-12(17(21)25-16)3-8-15(20)19-13-4-6-14(7-5-13)26(18,22)23/h4-7,11-12,16H,3,8-10H2,1-2H3,(H,19,20)(H2,18,22,23)/t12-,16-/m0/s1. The second-order valence-corrected chi connectivity index (χ2v) is 8.24. The molecule has 0 aliphatic carbocycles. The van der Waals surface area contributed by atoms with Crippen LogP contribution in [-0.2, 0) is 29.1 Å². The molecule has 9 heteroatoms. The number of nitrogens with two attached hydrogens (primary N) is 1. The highest BCUT2D eigenvalue weighted by Crippen LogP contribution is 2.26. The molecule has 0 aromatic heterocycles. The Morgan fingerprint density at radius 1 is 1.35 bits per heavy atom. The van der Waals surface area contributed by atoms with Crippen molar-refractivity contribution in [3.8, 4) is 0 Å². The van der Waals surface area contributed by atoms with Crippen LogP contribution < -0.4 is 10.5 Å². The van der Waals surface area contributed by atoms with Crippen molar-refractivity contribution in [1.82, 2.24) is 0 Å². The summed E-state index contributed by atoms with van der Waals surface area (Å²) in [5, 5.41) is 7.67. The van der Waals surface area contributed by atoms with E-state index in [9.17, 15) is 18.0 Å². The quantitative estimate of drug-likeness (QED) is 0.656. The molecule has 0 unspecified atom stereocenters. The summed E-state index contributed by atoms with van der Waals surface area (Å²) < 4.78 is 33.0. The zero-order chi connectivity index (χ0) is 19.3. The summed E-state index contributed by atoms with van der Waals surface area (Å²) in [6.45, 7) is 4.53. The fourth-order valence-corrected chi connectivity index (χ4v) is 3.01. The van der Waals surface area contributed by atoms with Gasteiger partial charge in [-0.05, 0) is 36.6 Å². The number of nitrogens with one attached hydrogen (secondary N) is 1. The summed E-state index contributed by atoms with van der Waals surface area (Å²) in [5.41, 5.74) is 0.453. The second kappa shape index (κ2) is 8.61. The van der Waals surface area contributed by atoms with Crippen LogP contribution in [-0.4, -0.2) is 33.2 Å². The first-order chi connectivity index (χ1) is 12.1. The Bertz CT molecular complexity index is 745. The van der Waals surface area contributed by atoms with Gasteiger partial charge in [-0.15, -0.1) is 0 Å². The number of hydrogen-bond acceptors (Lipinski definition) is 6. The van der Waals surface area contributed by atoms with Crippen molar-refractivity contribution in [3.63, 3.8) is 0 Å². The van der Waals surface area contributed by atoms with Crippen molar-refractivity contribution in [2.75, 3.05) is 11.9 Å². The Balaban J connectivity index is 1.79. The lowest BCUT2D eigenvalue weighted by Gasteiger charge is -2.12. The zero-order valence-corrected chi connectivity index (χ0v) is 15.6. The van der Waals surface area contributed by atoms with Crippen LogP contribution in [0.25, 0.3) is 0 Å². The predicted octanol–water partition coefficient (Wildman–Crippen LogP) is 1.61. The summed E-state index contributed by atoms with van der Waals surface area (Å²) in [7, 11) is -3.77. The Morgan fingerprint density at radius 3 is 2.58 bits per heavy atom. The van der Waals surface area contributed by atoms with Gasteiger partial charge < -0.3 is 14.8 Å². The number of anilines is 1.